The van der Waals surface area contributed by atoms with Crippen molar-refractivity contribution in [2.45, 2.75) is 37.7 Å². The first-order chi connectivity index (χ1) is 11.7. The minimum atomic E-state index is 0.0746. The quantitative estimate of drug-likeness (QED) is 0.764. The first kappa shape index (κ1) is 15.9. The standard InChI is InChI=1S/C17H18Cl2N4O/c18-12-5-6-16(20-9-12)24-13-2-1-7-23(10-13)15-8-14(19)21-17(22-15)11-3-4-11/h5-6,8-9,11,13H,1-4,7,10H2. The molecule has 5 nitrogen and oxygen atoms in total. The molecule has 0 bridgehead atoms. The van der Waals surface area contributed by atoms with Gasteiger partial charge in [-0.1, -0.05) is 23.2 Å². The lowest BCUT2D eigenvalue weighted by atomic mass is 10.1. The number of anilines is 1. The van der Waals surface area contributed by atoms with E-state index < -0.39 is 0 Å². The van der Waals surface area contributed by atoms with Crippen LogP contribution in [0.2, 0.25) is 10.2 Å². The summed E-state index contributed by atoms with van der Waals surface area (Å²) >= 11 is 12.1. The average Bonchev–Trinajstić information content (AvgIpc) is 3.42. The first-order valence-corrected chi connectivity index (χ1v) is 9.00. The van der Waals surface area contributed by atoms with E-state index in [4.69, 9.17) is 32.9 Å². The molecule has 1 aliphatic heterocycles. The highest BCUT2D eigenvalue weighted by molar-refractivity contribution is 6.30. The van der Waals surface area contributed by atoms with Gasteiger partial charge in [0.1, 0.15) is 22.9 Å². The fraction of sp³-hybridized carbons (Fsp3) is 0.471. The summed E-state index contributed by atoms with van der Waals surface area (Å²) in [6, 6.07) is 5.43. The molecule has 0 N–H and O–H groups in total. The van der Waals surface area contributed by atoms with Crippen LogP contribution in [-0.4, -0.2) is 34.1 Å². The molecule has 0 amide bonds. The topological polar surface area (TPSA) is 51.1 Å². The third kappa shape index (κ3) is 3.73. The van der Waals surface area contributed by atoms with Crippen molar-refractivity contribution in [2.75, 3.05) is 18.0 Å². The molecule has 1 saturated carbocycles. The van der Waals surface area contributed by atoms with Crippen LogP contribution in [0.3, 0.4) is 0 Å². The second-order valence-corrected chi connectivity index (χ2v) is 7.15. The fourth-order valence-electron chi connectivity index (χ4n) is 2.95. The Morgan fingerprint density at radius 1 is 1.12 bits per heavy atom. The van der Waals surface area contributed by atoms with Crippen LogP contribution in [0.4, 0.5) is 5.82 Å². The van der Waals surface area contributed by atoms with Crippen LogP contribution in [0.5, 0.6) is 5.88 Å². The van der Waals surface area contributed by atoms with Crippen molar-refractivity contribution in [1.29, 1.82) is 0 Å². The van der Waals surface area contributed by atoms with Crippen molar-refractivity contribution in [3.8, 4) is 5.88 Å². The third-order valence-corrected chi connectivity index (χ3v) is 4.75. The summed E-state index contributed by atoms with van der Waals surface area (Å²) in [5, 5.41) is 1.13. The van der Waals surface area contributed by atoms with Crippen molar-refractivity contribution in [1.82, 2.24) is 15.0 Å². The number of ether oxygens (including phenoxy) is 1. The Hall–Kier alpha value is -1.59. The van der Waals surface area contributed by atoms with Crippen molar-refractivity contribution in [3.05, 3.63) is 40.4 Å². The summed E-state index contributed by atoms with van der Waals surface area (Å²) in [7, 11) is 0. The highest BCUT2D eigenvalue weighted by atomic mass is 35.5. The molecule has 4 rings (SSSR count). The zero-order valence-electron chi connectivity index (χ0n) is 13.2. The highest BCUT2D eigenvalue weighted by Gasteiger charge is 2.29. The SMILES string of the molecule is Clc1ccc(OC2CCCN(c3cc(Cl)nc(C4CC4)n3)C2)nc1. The van der Waals surface area contributed by atoms with Crippen LogP contribution in [0, 0.1) is 0 Å². The maximum Gasteiger partial charge on any atom is 0.213 e. The molecule has 2 aromatic heterocycles. The van der Waals surface area contributed by atoms with Gasteiger partial charge in [0.2, 0.25) is 5.88 Å². The molecule has 1 aliphatic carbocycles. The third-order valence-electron chi connectivity index (χ3n) is 4.33. The summed E-state index contributed by atoms with van der Waals surface area (Å²) in [4.78, 5) is 15.5. The van der Waals surface area contributed by atoms with Gasteiger partial charge in [0.25, 0.3) is 0 Å². The Labute approximate surface area is 151 Å². The minimum Gasteiger partial charge on any atom is -0.472 e. The molecule has 0 radical (unpaired) electrons. The van der Waals surface area contributed by atoms with E-state index in [1.807, 2.05) is 6.07 Å². The summed E-state index contributed by atoms with van der Waals surface area (Å²) in [6.07, 6.45) is 6.03. The second-order valence-electron chi connectivity index (χ2n) is 6.32. The normalized spacial score (nSPS) is 20.9. The van der Waals surface area contributed by atoms with Crippen molar-refractivity contribution in [2.24, 2.45) is 0 Å². The van der Waals surface area contributed by atoms with E-state index in [1.54, 1.807) is 18.3 Å². The maximum absolute atomic E-state index is 6.19. The monoisotopic (exact) mass is 364 g/mol. The van der Waals surface area contributed by atoms with E-state index in [1.165, 1.54) is 0 Å². The molecular formula is C17H18Cl2N4O. The highest BCUT2D eigenvalue weighted by Crippen LogP contribution is 2.39. The molecule has 2 aliphatic rings. The molecule has 2 fully saturated rings. The molecule has 7 heteroatoms. The molecule has 1 saturated heterocycles. The van der Waals surface area contributed by atoms with E-state index in [9.17, 15) is 0 Å². The van der Waals surface area contributed by atoms with Gasteiger partial charge in [-0.25, -0.2) is 15.0 Å². The van der Waals surface area contributed by atoms with Gasteiger partial charge in [-0.05, 0) is 31.7 Å². The molecule has 0 spiro atoms. The van der Waals surface area contributed by atoms with Crippen molar-refractivity contribution >= 4 is 29.0 Å². The number of piperidine rings is 1. The lowest BCUT2D eigenvalue weighted by Crippen LogP contribution is -2.41. The molecule has 3 heterocycles. The molecular weight excluding hydrogens is 347 g/mol. The minimum absolute atomic E-state index is 0.0746. The molecule has 1 atom stereocenters. The van der Waals surface area contributed by atoms with Gasteiger partial charge in [0.05, 0.1) is 11.6 Å². The number of aromatic nitrogens is 3. The zero-order valence-corrected chi connectivity index (χ0v) is 14.7. The van der Waals surface area contributed by atoms with Crippen LogP contribution in [0.1, 0.15) is 37.4 Å². The summed E-state index contributed by atoms with van der Waals surface area (Å²) in [5.41, 5.74) is 0. The number of halogens is 2. The number of hydrogen-bond donors (Lipinski definition) is 0. The van der Waals surface area contributed by atoms with Crippen LogP contribution in [0.25, 0.3) is 0 Å². The first-order valence-electron chi connectivity index (χ1n) is 8.25. The number of pyridine rings is 1. The predicted molar refractivity (Wildman–Crippen MR) is 94.1 cm³/mol. The van der Waals surface area contributed by atoms with Gasteiger partial charge >= 0.3 is 0 Å². The Morgan fingerprint density at radius 2 is 2.00 bits per heavy atom. The van der Waals surface area contributed by atoms with E-state index in [0.29, 0.717) is 22.0 Å². The van der Waals surface area contributed by atoms with Crippen LogP contribution in [-0.2, 0) is 0 Å². The molecule has 0 aromatic carbocycles. The lowest BCUT2D eigenvalue weighted by Gasteiger charge is -2.33. The Morgan fingerprint density at radius 3 is 2.75 bits per heavy atom. The lowest BCUT2D eigenvalue weighted by molar-refractivity contribution is 0.172. The molecule has 24 heavy (non-hydrogen) atoms. The largest absolute Gasteiger partial charge is 0.472 e. The maximum atomic E-state index is 6.19. The molecule has 2 aromatic rings. The average molecular weight is 365 g/mol. The van der Waals surface area contributed by atoms with E-state index in [2.05, 4.69) is 14.9 Å². The van der Waals surface area contributed by atoms with Gasteiger partial charge in [-0.15, -0.1) is 0 Å². The zero-order chi connectivity index (χ0) is 16.5. The predicted octanol–water partition coefficient (Wildman–Crippen LogP) is 4.10. The summed E-state index contributed by atoms with van der Waals surface area (Å²) < 4.78 is 5.99. The Balaban J connectivity index is 1.47. The van der Waals surface area contributed by atoms with Crippen LogP contribution < -0.4 is 9.64 Å². The summed E-state index contributed by atoms with van der Waals surface area (Å²) in [5.74, 6) is 2.86. The Bertz CT molecular complexity index is 721. The van der Waals surface area contributed by atoms with E-state index in [0.717, 1.165) is 50.4 Å². The summed E-state index contributed by atoms with van der Waals surface area (Å²) in [6.45, 7) is 1.72. The van der Waals surface area contributed by atoms with E-state index in [-0.39, 0.29) is 6.10 Å². The van der Waals surface area contributed by atoms with Gasteiger partial charge in [-0.2, -0.15) is 0 Å². The van der Waals surface area contributed by atoms with Gasteiger partial charge in [0.15, 0.2) is 0 Å². The number of hydrogen-bond acceptors (Lipinski definition) is 5. The van der Waals surface area contributed by atoms with E-state index >= 15 is 0 Å². The van der Waals surface area contributed by atoms with Crippen molar-refractivity contribution in [3.63, 3.8) is 0 Å². The number of nitrogens with zero attached hydrogens (tertiary/aromatic N) is 4. The van der Waals surface area contributed by atoms with Crippen LogP contribution in [0.15, 0.2) is 24.4 Å². The second kappa shape index (κ2) is 6.73. The van der Waals surface area contributed by atoms with Crippen molar-refractivity contribution < 1.29 is 4.74 Å². The number of rotatable bonds is 4. The van der Waals surface area contributed by atoms with Gasteiger partial charge in [0, 0.05) is 30.8 Å². The smallest absolute Gasteiger partial charge is 0.213 e. The fourth-order valence-corrected chi connectivity index (χ4v) is 3.25. The van der Waals surface area contributed by atoms with Crippen LogP contribution >= 0.6 is 23.2 Å². The molecule has 126 valence electrons. The molecule has 1 unspecified atom stereocenters. The Kier molecular flexibility index (Phi) is 4.46. The van der Waals surface area contributed by atoms with Gasteiger partial charge in [-0.3, -0.25) is 0 Å². The van der Waals surface area contributed by atoms with Gasteiger partial charge < -0.3 is 9.64 Å².